The maximum Gasteiger partial charge on any atom is 0.305 e. The Hall–Kier alpha value is -2.61. The molecule has 0 aromatic heterocycles. The molecule has 8 heteroatoms. The molecule has 0 radical (unpaired) electrons. The number of amides is 2. The number of nitrogens with one attached hydrogen (secondary N) is 1. The lowest BCUT2D eigenvalue weighted by atomic mass is 10.0. The quantitative estimate of drug-likeness (QED) is 0.695. The number of methoxy groups -OCH3 is 2. The van der Waals surface area contributed by atoms with Gasteiger partial charge in [0.1, 0.15) is 11.8 Å². The van der Waals surface area contributed by atoms with E-state index in [0.717, 1.165) is 0 Å². The molecule has 2 N–H and O–H groups in total. The summed E-state index contributed by atoms with van der Waals surface area (Å²) in [5.74, 6) is -1.16. The van der Waals surface area contributed by atoms with Gasteiger partial charge in [-0.25, -0.2) is 0 Å². The molecule has 0 saturated carbocycles. The van der Waals surface area contributed by atoms with E-state index in [-0.39, 0.29) is 30.3 Å². The molecule has 2 amide bonds. The normalized spacial score (nSPS) is 20.1. The highest BCUT2D eigenvalue weighted by atomic mass is 16.5. The van der Waals surface area contributed by atoms with Crippen molar-refractivity contribution in [2.24, 2.45) is 5.92 Å². The van der Waals surface area contributed by atoms with E-state index in [1.54, 1.807) is 38.5 Å². The molecule has 1 aromatic carbocycles. The first-order chi connectivity index (χ1) is 13.3. The Morgan fingerprint density at radius 1 is 1.21 bits per heavy atom. The van der Waals surface area contributed by atoms with Crippen LogP contribution in [0.5, 0.6) is 5.75 Å². The molecule has 154 valence electrons. The Labute approximate surface area is 164 Å². The van der Waals surface area contributed by atoms with Gasteiger partial charge in [0.05, 0.1) is 19.6 Å². The Balaban J connectivity index is 2.15. The lowest BCUT2D eigenvalue weighted by Crippen LogP contribution is -2.53. The summed E-state index contributed by atoms with van der Waals surface area (Å²) in [5.41, 5.74) is 0.414. The first kappa shape index (κ1) is 21.7. The number of carboxylic acid groups (broad SMARTS) is 1. The van der Waals surface area contributed by atoms with Crippen molar-refractivity contribution < 1.29 is 29.0 Å². The average Bonchev–Trinajstić information content (AvgIpc) is 3.07. The van der Waals surface area contributed by atoms with Crippen LogP contribution in [0.15, 0.2) is 24.3 Å². The van der Waals surface area contributed by atoms with Crippen molar-refractivity contribution in [3.63, 3.8) is 0 Å². The van der Waals surface area contributed by atoms with Gasteiger partial charge in [-0.05, 0) is 36.6 Å². The van der Waals surface area contributed by atoms with Crippen molar-refractivity contribution >= 4 is 17.8 Å². The standard InChI is InChI=1S/C20H28N2O6/c1-12(2)18(21-19(25)13-5-7-15(27-3)8-6-13)20(26)22-11-16(28-4)9-14(22)10-17(23)24/h5-8,12,14,16,18H,9-11H2,1-4H3,(H,21,25)(H,23,24). The molecule has 1 fully saturated rings. The third-order valence-electron chi connectivity index (χ3n) is 4.97. The molecule has 1 aliphatic rings. The van der Waals surface area contributed by atoms with Gasteiger partial charge in [0.2, 0.25) is 5.91 Å². The largest absolute Gasteiger partial charge is 0.497 e. The van der Waals surface area contributed by atoms with E-state index in [1.165, 1.54) is 4.90 Å². The molecule has 0 spiro atoms. The number of nitrogens with zero attached hydrogens (tertiary/aromatic N) is 1. The molecule has 0 aliphatic carbocycles. The average molecular weight is 392 g/mol. The number of carbonyl (C=O) groups excluding carboxylic acids is 2. The van der Waals surface area contributed by atoms with E-state index in [2.05, 4.69) is 5.32 Å². The van der Waals surface area contributed by atoms with Crippen LogP contribution in [0.25, 0.3) is 0 Å². The van der Waals surface area contributed by atoms with Crippen LogP contribution in [-0.2, 0) is 14.3 Å². The fraction of sp³-hybridized carbons (Fsp3) is 0.550. The van der Waals surface area contributed by atoms with Crippen molar-refractivity contribution in [3.8, 4) is 5.75 Å². The summed E-state index contributed by atoms with van der Waals surface area (Å²) in [5, 5.41) is 12.0. The molecule has 1 saturated heterocycles. The second-order valence-electron chi connectivity index (χ2n) is 7.26. The second kappa shape index (κ2) is 9.54. The SMILES string of the molecule is COc1ccc(C(=O)NC(C(=O)N2CC(OC)CC2CC(=O)O)C(C)C)cc1. The molecule has 3 atom stereocenters. The minimum Gasteiger partial charge on any atom is -0.497 e. The van der Waals surface area contributed by atoms with Gasteiger partial charge in [0.15, 0.2) is 0 Å². The molecule has 28 heavy (non-hydrogen) atoms. The first-order valence-electron chi connectivity index (χ1n) is 9.26. The number of benzene rings is 1. The lowest BCUT2D eigenvalue weighted by Gasteiger charge is -2.30. The minimum absolute atomic E-state index is 0.150. The number of hydrogen-bond acceptors (Lipinski definition) is 5. The molecule has 8 nitrogen and oxygen atoms in total. The van der Waals surface area contributed by atoms with Crippen molar-refractivity contribution in [1.82, 2.24) is 10.2 Å². The number of carbonyl (C=O) groups is 3. The molecule has 2 rings (SSSR count). The van der Waals surface area contributed by atoms with E-state index in [0.29, 0.717) is 24.3 Å². The summed E-state index contributed by atoms with van der Waals surface area (Å²) in [6.45, 7) is 3.99. The second-order valence-corrected chi connectivity index (χ2v) is 7.26. The molecular weight excluding hydrogens is 364 g/mol. The highest BCUT2D eigenvalue weighted by molar-refractivity contribution is 5.97. The number of likely N-dealkylation sites (tertiary alicyclic amines) is 1. The van der Waals surface area contributed by atoms with Gasteiger partial charge in [0, 0.05) is 25.3 Å². The Kier molecular flexibility index (Phi) is 7.39. The smallest absolute Gasteiger partial charge is 0.305 e. The van der Waals surface area contributed by atoms with Crippen LogP contribution in [0.2, 0.25) is 0 Å². The Bertz CT molecular complexity index is 703. The molecule has 3 unspecified atom stereocenters. The van der Waals surface area contributed by atoms with E-state index in [4.69, 9.17) is 14.6 Å². The van der Waals surface area contributed by atoms with Crippen molar-refractivity contribution in [1.29, 1.82) is 0 Å². The van der Waals surface area contributed by atoms with Crippen molar-refractivity contribution in [2.75, 3.05) is 20.8 Å². The van der Waals surface area contributed by atoms with E-state index in [9.17, 15) is 14.4 Å². The molecule has 1 heterocycles. The molecule has 1 aliphatic heterocycles. The number of rotatable bonds is 8. The number of aliphatic carboxylic acids is 1. The summed E-state index contributed by atoms with van der Waals surface area (Å²) in [6.07, 6.45) is 0.104. The zero-order chi connectivity index (χ0) is 20.8. The van der Waals surface area contributed by atoms with E-state index >= 15 is 0 Å². The van der Waals surface area contributed by atoms with Crippen LogP contribution in [-0.4, -0.2) is 66.7 Å². The van der Waals surface area contributed by atoms with Crippen LogP contribution in [0.1, 0.15) is 37.0 Å². The van der Waals surface area contributed by atoms with Crippen LogP contribution < -0.4 is 10.1 Å². The van der Waals surface area contributed by atoms with Gasteiger partial charge in [-0.1, -0.05) is 13.8 Å². The molecule has 1 aromatic rings. The van der Waals surface area contributed by atoms with Crippen LogP contribution >= 0.6 is 0 Å². The number of hydrogen-bond donors (Lipinski definition) is 2. The number of carboxylic acids is 1. The lowest BCUT2D eigenvalue weighted by molar-refractivity contribution is -0.140. The highest BCUT2D eigenvalue weighted by Crippen LogP contribution is 2.25. The minimum atomic E-state index is -0.970. The predicted octanol–water partition coefficient (Wildman–Crippen LogP) is 1.54. The fourth-order valence-corrected chi connectivity index (χ4v) is 3.37. The summed E-state index contributed by atoms with van der Waals surface area (Å²) < 4.78 is 10.4. The maximum atomic E-state index is 13.2. The zero-order valence-electron chi connectivity index (χ0n) is 16.7. The maximum absolute atomic E-state index is 13.2. The van der Waals surface area contributed by atoms with E-state index in [1.807, 2.05) is 13.8 Å². The summed E-state index contributed by atoms with van der Waals surface area (Å²) in [6, 6.07) is 5.39. The van der Waals surface area contributed by atoms with Gasteiger partial charge in [-0.2, -0.15) is 0 Å². The third kappa shape index (κ3) is 5.22. The van der Waals surface area contributed by atoms with Crippen LogP contribution in [0.3, 0.4) is 0 Å². The predicted molar refractivity (Wildman–Crippen MR) is 102 cm³/mol. The number of ether oxygens (including phenoxy) is 2. The fourth-order valence-electron chi connectivity index (χ4n) is 3.37. The highest BCUT2D eigenvalue weighted by Gasteiger charge is 2.40. The van der Waals surface area contributed by atoms with Gasteiger partial charge in [-0.3, -0.25) is 14.4 Å². The Morgan fingerprint density at radius 3 is 2.36 bits per heavy atom. The van der Waals surface area contributed by atoms with Crippen LogP contribution in [0, 0.1) is 5.92 Å². The first-order valence-corrected chi connectivity index (χ1v) is 9.26. The summed E-state index contributed by atoms with van der Waals surface area (Å²) in [4.78, 5) is 38.5. The van der Waals surface area contributed by atoms with Gasteiger partial charge < -0.3 is 24.8 Å². The van der Waals surface area contributed by atoms with Crippen molar-refractivity contribution in [2.45, 2.75) is 44.9 Å². The topological polar surface area (TPSA) is 105 Å². The monoisotopic (exact) mass is 392 g/mol. The van der Waals surface area contributed by atoms with Gasteiger partial charge in [-0.15, -0.1) is 0 Å². The third-order valence-corrected chi connectivity index (χ3v) is 4.97. The van der Waals surface area contributed by atoms with Gasteiger partial charge >= 0.3 is 5.97 Å². The zero-order valence-corrected chi connectivity index (χ0v) is 16.7. The Morgan fingerprint density at radius 2 is 1.86 bits per heavy atom. The van der Waals surface area contributed by atoms with Crippen molar-refractivity contribution in [3.05, 3.63) is 29.8 Å². The summed E-state index contributed by atoms with van der Waals surface area (Å²) in [7, 11) is 3.08. The van der Waals surface area contributed by atoms with E-state index < -0.39 is 18.1 Å². The molecule has 0 bridgehead atoms. The summed E-state index contributed by atoms with van der Waals surface area (Å²) >= 11 is 0. The van der Waals surface area contributed by atoms with Crippen LogP contribution in [0.4, 0.5) is 0 Å². The van der Waals surface area contributed by atoms with Gasteiger partial charge in [0.25, 0.3) is 5.91 Å². The molecular formula is C20H28N2O6.